The summed E-state index contributed by atoms with van der Waals surface area (Å²) in [4.78, 5) is 10.3. The maximum atomic E-state index is 10.3. The van der Waals surface area contributed by atoms with Crippen molar-refractivity contribution in [1.29, 1.82) is 0 Å². The van der Waals surface area contributed by atoms with E-state index in [-0.39, 0.29) is 0 Å². The van der Waals surface area contributed by atoms with Gasteiger partial charge in [-0.25, -0.2) is 0 Å². The number of ether oxygens (including phenoxy) is 1. The molecule has 0 aromatic carbocycles. The Labute approximate surface area is 65.8 Å². The first-order chi connectivity index (χ1) is 5.20. The number of carbonyl (C=O) groups excluding carboxylic acids is 1. The Kier molecular flexibility index (Phi) is 4.56. The van der Waals surface area contributed by atoms with Gasteiger partial charge >= 0.3 is 0 Å². The predicted molar refractivity (Wildman–Crippen MR) is 43.6 cm³/mol. The molecule has 3 nitrogen and oxygen atoms in total. The number of methoxy groups -OCH3 is 1. The van der Waals surface area contributed by atoms with Gasteiger partial charge < -0.3 is 10.5 Å². The van der Waals surface area contributed by atoms with Crippen LogP contribution in [-0.2, 0) is 9.53 Å². The van der Waals surface area contributed by atoms with Gasteiger partial charge in [-0.3, -0.25) is 4.79 Å². The third kappa shape index (κ3) is 4.96. The fourth-order valence-corrected chi connectivity index (χ4v) is 0.472. The van der Waals surface area contributed by atoms with Crippen LogP contribution in [0.4, 0.5) is 0 Å². The zero-order valence-electron chi connectivity index (χ0n) is 6.41. The molecule has 0 rings (SSSR count). The molecule has 0 unspecified atom stereocenters. The summed E-state index contributed by atoms with van der Waals surface area (Å²) in [6, 6.07) is 0. The van der Waals surface area contributed by atoms with Gasteiger partial charge in [0.15, 0.2) is 0 Å². The molecule has 0 aliphatic heterocycles. The van der Waals surface area contributed by atoms with E-state index in [2.05, 4.69) is 6.58 Å². The second-order valence-corrected chi connectivity index (χ2v) is 1.74. The maximum absolute atomic E-state index is 10.3. The number of hydrogen-bond acceptors (Lipinski definition) is 2. The Hall–Kier alpha value is -1.51. The van der Waals surface area contributed by atoms with E-state index >= 15 is 0 Å². The van der Waals surface area contributed by atoms with Gasteiger partial charge in [-0.15, -0.1) is 0 Å². The minimum atomic E-state index is -0.503. The molecule has 0 radical (unpaired) electrons. The summed E-state index contributed by atoms with van der Waals surface area (Å²) in [5.74, 6) is 0.0378. The van der Waals surface area contributed by atoms with Crippen LogP contribution in [0.2, 0.25) is 0 Å². The lowest BCUT2D eigenvalue weighted by atomic mass is 10.4. The van der Waals surface area contributed by atoms with E-state index in [1.807, 2.05) is 0 Å². The highest BCUT2D eigenvalue weighted by Crippen LogP contribution is 1.96. The highest BCUT2D eigenvalue weighted by molar-refractivity contribution is 5.86. The molecule has 1 amide bonds. The van der Waals surface area contributed by atoms with Gasteiger partial charge in [0.05, 0.1) is 7.11 Å². The lowest BCUT2D eigenvalue weighted by molar-refractivity contribution is -0.113. The summed E-state index contributed by atoms with van der Waals surface area (Å²) < 4.78 is 4.84. The van der Waals surface area contributed by atoms with Crippen LogP contribution in [0, 0.1) is 0 Å². The lowest BCUT2D eigenvalue weighted by Crippen LogP contribution is -2.05. The quantitative estimate of drug-likeness (QED) is 0.368. The SMILES string of the molecule is C=C/C=C(/C=C/C(N)=O)OC. The smallest absolute Gasteiger partial charge is 0.241 e. The molecule has 0 aromatic heterocycles. The molecule has 0 aliphatic carbocycles. The number of rotatable bonds is 4. The molecule has 0 fully saturated rings. The number of hydrogen-bond donors (Lipinski definition) is 1. The van der Waals surface area contributed by atoms with Crippen LogP contribution in [0.3, 0.4) is 0 Å². The molecule has 0 saturated carbocycles. The van der Waals surface area contributed by atoms with Crippen molar-refractivity contribution in [1.82, 2.24) is 0 Å². The number of allylic oxidation sites excluding steroid dienone is 3. The lowest BCUT2D eigenvalue weighted by Gasteiger charge is -1.95. The summed E-state index contributed by atoms with van der Waals surface area (Å²) >= 11 is 0. The molecule has 0 spiro atoms. The average Bonchev–Trinajstić information content (AvgIpc) is 1.97. The zero-order chi connectivity index (χ0) is 8.69. The van der Waals surface area contributed by atoms with E-state index < -0.39 is 5.91 Å². The second kappa shape index (κ2) is 5.29. The monoisotopic (exact) mass is 153 g/mol. The van der Waals surface area contributed by atoms with Crippen LogP contribution in [0.25, 0.3) is 0 Å². The van der Waals surface area contributed by atoms with Crippen molar-refractivity contribution in [3.8, 4) is 0 Å². The van der Waals surface area contributed by atoms with Crippen LogP contribution in [0.5, 0.6) is 0 Å². The number of carbonyl (C=O) groups is 1. The first kappa shape index (κ1) is 9.49. The standard InChI is InChI=1S/C8H11NO2/c1-3-4-7(11-2)5-6-8(9)10/h3-6H,1H2,2H3,(H2,9,10)/b6-5+,7-4-. The fourth-order valence-electron chi connectivity index (χ4n) is 0.472. The molecule has 11 heavy (non-hydrogen) atoms. The molecule has 0 bridgehead atoms. The van der Waals surface area contributed by atoms with Gasteiger partial charge in [-0.2, -0.15) is 0 Å². The average molecular weight is 153 g/mol. The van der Waals surface area contributed by atoms with Crippen LogP contribution >= 0.6 is 0 Å². The molecular weight excluding hydrogens is 142 g/mol. The van der Waals surface area contributed by atoms with Gasteiger partial charge in [-0.1, -0.05) is 12.7 Å². The van der Waals surface area contributed by atoms with Gasteiger partial charge in [0, 0.05) is 6.08 Å². The topological polar surface area (TPSA) is 52.3 Å². The van der Waals surface area contributed by atoms with E-state index in [0.29, 0.717) is 5.76 Å². The molecule has 0 aliphatic rings. The maximum Gasteiger partial charge on any atom is 0.241 e. The molecule has 0 heterocycles. The zero-order valence-corrected chi connectivity index (χ0v) is 6.41. The third-order valence-electron chi connectivity index (χ3n) is 0.930. The Morgan fingerprint density at radius 1 is 1.55 bits per heavy atom. The molecular formula is C8H11NO2. The third-order valence-corrected chi connectivity index (χ3v) is 0.930. The minimum absolute atomic E-state index is 0.503. The number of amides is 1. The summed E-state index contributed by atoms with van der Waals surface area (Å²) in [5.41, 5.74) is 4.86. The summed E-state index contributed by atoms with van der Waals surface area (Å²) in [6.45, 7) is 3.47. The van der Waals surface area contributed by atoms with Crippen molar-refractivity contribution in [2.75, 3.05) is 7.11 Å². The van der Waals surface area contributed by atoms with E-state index in [1.54, 1.807) is 12.2 Å². The highest BCUT2D eigenvalue weighted by atomic mass is 16.5. The predicted octanol–water partition coefficient (Wildman–Crippen LogP) is 0.744. The summed E-state index contributed by atoms with van der Waals surface area (Å²) in [7, 11) is 1.50. The Balaban J connectivity index is 4.18. The minimum Gasteiger partial charge on any atom is -0.497 e. The van der Waals surface area contributed by atoms with Gasteiger partial charge in [-0.05, 0) is 12.2 Å². The Morgan fingerprint density at radius 2 is 2.18 bits per heavy atom. The normalized spacial score (nSPS) is 11.5. The molecule has 0 saturated heterocycles. The van der Waals surface area contributed by atoms with Crippen molar-refractivity contribution in [3.63, 3.8) is 0 Å². The number of primary amides is 1. The van der Waals surface area contributed by atoms with Crippen LogP contribution in [-0.4, -0.2) is 13.0 Å². The molecule has 0 atom stereocenters. The van der Waals surface area contributed by atoms with Crippen molar-refractivity contribution < 1.29 is 9.53 Å². The van der Waals surface area contributed by atoms with E-state index in [1.165, 1.54) is 19.3 Å². The summed E-state index contributed by atoms with van der Waals surface area (Å²) in [6.07, 6.45) is 5.88. The van der Waals surface area contributed by atoms with Crippen LogP contribution < -0.4 is 5.73 Å². The summed E-state index contributed by atoms with van der Waals surface area (Å²) in [5, 5.41) is 0. The van der Waals surface area contributed by atoms with Crippen molar-refractivity contribution in [2.45, 2.75) is 0 Å². The van der Waals surface area contributed by atoms with Gasteiger partial charge in [0.1, 0.15) is 5.76 Å². The van der Waals surface area contributed by atoms with Crippen molar-refractivity contribution >= 4 is 5.91 Å². The van der Waals surface area contributed by atoms with Gasteiger partial charge in [0.25, 0.3) is 0 Å². The molecule has 3 heteroatoms. The van der Waals surface area contributed by atoms with E-state index in [9.17, 15) is 4.79 Å². The number of nitrogens with two attached hydrogens (primary N) is 1. The molecule has 60 valence electrons. The first-order valence-electron chi connectivity index (χ1n) is 3.05. The Morgan fingerprint density at radius 3 is 2.55 bits per heavy atom. The second-order valence-electron chi connectivity index (χ2n) is 1.74. The fraction of sp³-hybridized carbons (Fsp3) is 0.125. The van der Waals surface area contributed by atoms with Crippen molar-refractivity contribution in [3.05, 3.63) is 36.6 Å². The highest BCUT2D eigenvalue weighted by Gasteiger charge is 1.87. The molecule has 2 N–H and O–H groups in total. The van der Waals surface area contributed by atoms with E-state index in [4.69, 9.17) is 10.5 Å². The van der Waals surface area contributed by atoms with Crippen LogP contribution in [0.15, 0.2) is 36.6 Å². The largest absolute Gasteiger partial charge is 0.497 e. The van der Waals surface area contributed by atoms with Gasteiger partial charge in [0.2, 0.25) is 5.91 Å². The van der Waals surface area contributed by atoms with E-state index in [0.717, 1.165) is 0 Å². The van der Waals surface area contributed by atoms with Crippen molar-refractivity contribution in [2.24, 2.45) is 5.73 Å². The Bertz CT molecular complexity index is 204. The van der Waals surface area contributed by atoms with Crippen LogP contribution in [0.1, 0.15) is 0 Å². The first-order valence-corrected chi connectivity index (χ1v) is 3.05. The molecule has 0 aromatic rings.